The normalized spacial score (nSPS) is 10.2. The summed E-state index contributed by atoms with van der Waals surface area (Å²) in [5.41, 5.74) is 0. The quantitative estimate of drug-likeness (QED) is 0.808. The molecule has 1 aromatic heterocycles. The second kappa shape index (κ2) is 7.22. The zero-order valence-corrected chi connectivity index (χ0v) is 11.8. The monoisotopic (exact) mass is 296 g/mol. The Bertz CT molecular complexity index is 520. The lowest BCUT2D eigenvalue weighted by molar-refractivity contribution is 0.315. The molecule has 19 heavy (non-hydrogen) atoms. The van der Waals surface area contributed by atoms with Gasteiger partial charge in [-0.25, -0.2) is 4.98 Å². The third-order valence-electron chi connectivity index (χ3n) is 2.47. The van der Waals surface area contributed by atoms with Crippen LogP contribution in [-0.2, 0) is 0 Å². The molecular formula is C14H14Cl2N2O. The summed E-state index contributed by atoms with van der Waals surface area (Å²) >= 11 is 11.9. The van der Waals surface area contributed by atoms with Gasteiger partial charge in [0.05, 0.1) is 11.6 Å². The molecule has 0 saturated heterocycles. The predicted molar refractivity (Wildman–Crippen MR) is 79.3 cm³/mol. The molecule has 5 heteroatoms. The number of rotatable bonds is 6. The summed E-state index contributed by atoms with van der Waals surface area (Å²) < 4.78 is 5.58. The van der Waals surface area contributed by atoms with Gasteiger partial charge in [0.1, 0.15) is 16.6 Å². The Morgan fingerprint density at radius 3 is 2.79 bits per heavy atom. The smallest absolute Gasteiger partial charge is 0.139 e. The molecule has 0 bridgehead atoms. The highest BCUT2D eigenvalue weighted by atomic mass is 35.5. The van der Waals surface area contributed by atoms with Crippen LogP contribution in [0.5, 0.6) is 5.75 Å². The Hall–Kier alpha value is -1.45. The highest BCUT2D eigenvalue weighted by Gasteiger charge is 2.04. The number of halogens is 2. The van der Waals surface area contributed by atoms with E-state index in [1.54, 1.807) is 18.3 Å². The Labute approximate surface area is 122 Å². The number of hydrogen-bond acceptors (Lipinski definition) is 3. The van der Waals surface area contributed by atoms with Gasteiger partial charge in [0, 0.05) is 12.7 Å². The van der Waals surface area contributed by atoms with Gasteiger partial charge >= 0.3 is 0 Å². The van der Waals surface area contributed by atoms with E-state index in [-0.39, 0.29) is 0 Å². The van der Waals surface area contributed by atoms with Crippen LogP contribution in [0.25, 0.3) is 0 Å². The molecule has 0 aliphatic rings. The van der Waals surface area contributed by atoms with Crippen LogP contribution in [0.3, 0.4) is 0 Å². The van der Waals surface area contributed by atoms with E-state index in [0.717, 1.165) is 18.8 Å². The van der Waals surface area contributed by atoms with Crippen molar-refractivity contribution in [2.45, 2.75) is 6.42 Å². The fraction of sp³-hybridized carbons (Fsp3) is 0.214. The first-order valence-electron chi connectivity index (χ1n) is 5.99. The number of pyridine rings is 1. The van der Waals surface area contributed by atoms with Crippen molar-refractivity contribution in [2.24, 2.45) is 0 Å². The van der Waals surface area contributed by atoms with Crippen molar-refractivity contribution in [1.29, 1.82) is 0 Å². The third kappa shape index (κ3) is 4.30. The standard InChI is InChI=1S/C14H14Cl2N2O/c15-11-5-3-6-12(14(11)16)19-10-4-9-18-13-7-1-2-8-17-13/h1-3,5-8H,4,9-10H2,(H,17,18). The van der Waals surface area contributed by atoms with E-state index >= 15 is 0 Å². The molecular weight excluding hydrogens is 283 g/mol. The van der Waals surface area contributed by atoms with Gasteiger partial charge in [0.15, 0.2) is 0 Å². The summed E-state index contributed by atoms with van der Waals surface area (Å²) in [5.74, 6) is 1.48. The minimum Gasteiger partial charge on any atom is -0.492 e. The molecule has 0 saturated carbocycles. The molecule has 0 unspecified atom stereocenters. The van der Waals surface area contributed by atoms with Gasteiger partial charge in [-0.15, -0.1) is 0 Å². The van der Waals surface area contributed by atoms with Gasteiger partial charge in [-0.3, -0.25) is 0 Å². The van der Waals surface area contributed by atoms with Crippen molar-refractivity contribution in [3.63, 3.8) is 0 Å². The van der Waals surface area contributed by atoms with Gasteiger partial charge in [-0.2, -0.15) is 0 Å². The van der Waals surface area contributed by atoms with E-state index in [0.29, 0.717) is 22.4 Å². The van der Waals surface area contributed by atoms with E-state index < -0.39 is 0 Å². The molecule has 2 rings (SSSR count). The summed E-state index contributed by atoms with van der Waals surface area (Å²) in [5, 5.41) is 4.17. The van der Waals surface area contributed by atoms with E-state index in [1.165, 1.54) is 0 Å². The third-order valence-corrected chi connectivity index (χ3v) is 3.27. The zero-order chi connectivity index (χ0) is 13.5. The summed E-state index contributed by atoms with van der Waals surface area (Å²) in [6.45, 7) is 1.36. The molecule has 0 aliphatic heterocycles. The predicted octanol–water partition coefficient (Wildman–Crippen LogP) is 4.27. The summed E-state index contributed by atoms with van der Waals surface area (Å²) in [7, 11) is 0. The minimum absolute atomic E-state index is 0.460. The van der Waals surface area contributed by atoms with Crippen LogP contribution in [0.15, 0.2) is 42.6 Å². The summed E-state index contributed by atoms with van der Waals surface area (Å²) in [6, 6.07) is 11.1. The maximum atomic E-state index is 6.02. The minimum atomic E-state index is 0.460. The first kappa shape index (κ1) is 14.0. The molecule has 0 radical (unpaired) electrons. The van der Waals surface area contributed by atoms with Gasteiger partial charge in [-0.05, 0) is 30.7 Å². The van der Waals surface area contributed by atoms with Crippen molar-refractivity contribution in [2.75, 3.05) is 18.5 Å². The molecule has 0 fully saturated rings. The topological polar surface area (TPSA) is 34.1 Å². The van der Waals surface area contributed by atoms with Gasteiger partial charge in [0.2, 0.25) is 0 Å². The second-order valence-electron chi connectivity index (χ2n) is 3.90. The molecule has 100 valence electrons. The lowest BCUT2D eigenvalue weighted by Crippen LogP contribution is -2.08. The molecule has 0 atom stereocenters. The average Bonchev–Trinajstić information content (AvgIpc) is 2.44. The number of ether oxygens (including phenoxy) is 1. The maximum Gasteiger partial charge on any atom is 0.139 e. The van der Waals surface area contributed by atoms with Crippen molar-refractivity contribution >= 4 is 29.0 Å². The number of anilines is 1. The van der Waals surface area contributed by atoms with Crippen LogP contribution in [0, 0.1) is 0 Å². The molecule has 1 aromatic carbocycles. The summed E-state index contributed by atoms with van der Waals surface area (Å²) in [6.07, 6.45) is 2.60. The molecule has 0 spiro atoms. The molecule has 1 heterocycles. The number of nitrogens with zero attached hydrogens (tertiary/aromatic N) is 1. The van der Waals surface area contributed by atoms with Gasteiger partial charge in [0.25, 0.3) is 0 Å². The molecule has 2 aromatic rings. The number of benzene rings is 1. The van der Waals surface area contributed by atoms with Crippen LogP contribution in [0.2, 0.25) is 10.0 Å². The van der Waals surface area contributed by atoms with Crippen LogP contribution in [0.4, 0.5) is 5.82 Å². The largest absolute Gasteiger partial charge is 0.492 e. The Balaban J connectivity index is 1.71. The van der Waals surface area contributed by atoms with Crippen molar-refractivity contribution in [1.82, 2.24) is 4.98 Å². The van der Waals surface area contributed by atoms with E-state index in [1.807, 2.05) is 24.3 Å². The first-order chi connectivity index (χ1) is 9.27. The fourth-order valence-corrected chi connectivity index (χ4v) is 1.88. The van der Waals surface area contributed by atoms with Crippen molar-refractivity contribution in [3.8, 4) is 5.75 Å². The first-order valence-corrected chi connectivity index (χ1v) is 6.74. The molecule has 1 N–H and O–H groups in total. The van der Waals surface area contributed by atoms with Crippen molar-refractivity contribution in [3.05, 3.63) is 52.6 Å². The van der Waals surface area contributed by atoms with Crippen molar-refractivity contribution < 1.29 is 4.74 Å². The Morgan fingerprint density at radius 1 is 1.11 bits per heavy atom. The van der Waals surface area contributed by atoms with Crippen LogP contribution < -0.4 is 10.1 Å². The fourth-order valence-electron chi connectivity index (χ4n) is 1.53. The van der Waals surface area contributed by atoms with E-state index in [4.69, 9.17) is 27.9 Å². The number of aromatic nitrogens is 1. The van der Waals surface area contributed by atoms with E-state index in [2.05, 4.69) is 10.3 Å². The van der Waals surface area contributed by atoms with Crippen LogP contribution in [0.1, 0.15) is 6.42 Å². The molecule has 0 amide bonds. The molecule has 0 aliphatic carbocycles. The number of nitrogens with one attached hydrogen (secondary N) is 1. The summed E-state index contributed by atoms with van der Waals surface area (Å²) in [4.78, 5) is 4.17. The SMILES string of the molecule is Clc1cccc(OCCCNc2ccccn2)c1Cl. The maximum absolute atomic E-state index is 6.02. The lowest BCUT2D eigenvalue weighted by Gasteiger charge is -2.09. The van der Waals surface area contributed by atoms with Gasteiger partial charge < -0.3 is 10.1 Å². The van der Waals surface area contributed by atoms with Crippen LogP contribution in [-0.4, -0.2) is 18.1 Å². The Morgan fingerprint density at radius 2 is 2.00 bits per heavy atom. The Kier molecular flexibility index (Phi) is 5.31. The average molecular weight is 297 g/mol. The second-order valence-corrected chi connectivity index (χ2v) is 4.68. The van der Waals surface area contributed by atoms with E-state index in [9.17, 15) is 0 Å². The van der Waals surface area contributed by atoms with Gasteiger partial charge in [-0.1, -0.05) is 35.3 Å². The highest BCUT2D eigenvalue weighted by Crippen LogP contribution is 2.31. The highest BCUT2D eigenvalue weighted by molar-refractivity contribution is 6.42. The van der Waals surface area contributed by atoms with Crippen LogP contribution >= 0.6 is 23.2 Å². The molecule has 3 nitrogen and oxygen atoms in total. The number of hydrogen-bond donors (Lipinski definition) is 1. The lowest BCUT2D eigenvalue weighted by atomic mass is 10.3. The zero-order valence-electron chi connectivity index (χ0n) is 10.3.